The molecule has 1 atom stereocenters. The summed E-state index contributed by atoms with van der Waals surface area (Å²) >= 11 is 0. The molecule has 0 fully saturated rings. The Hall–Kier alpha value is -4.85. The van der Waals surface area contributed by atoms with E-state index < -0.39 is 28.9 Å². The fourth-order valence-electron chi connectivity index (χ4n) is 4.31. The molecule has 0 aliphatic carbocycles. The third kappa shape index (κ3) is 3.78. The molecule has 5 aromatic rings. The van der Waals surface area contributed by atoms with E-state index in [1.807, 2.05) is 0 Å². The van der Waals surface area contributed by atoms with Crippen molar-refractivity contribution in [2.75, 3.05) is 6.61 Å². The van der Waals surface area contributed by atoms with Gasteiger partial charge in [0, 0.05) is 5.39 Å². The van der Waals surface area contributed by atoms with Crippen LogP contribution in [0.1, 0.15) is 40.1 Å². The van der Waals surface area contributed by atoms with Crippen LogP contribution in [0, 0.1) is 0 Å². The van der Waals surface area contributed by atoms with Gasteiger partial charge in [0.2, 0.25) is 0 Å². The minimum absolute atomic E-state index is 0.146. The second-order valence-electron chi connectivity index (χ2n) is 8.07. The molecule has 0 aliphatic heterocycles. The lowest BCUT2D eigenvalue weighted by Crippen LogP contribution is -2.18. The molecule has 0 saturated carbocycles. The molecular formula is C28H20O8. The summed E-state index contributed by atoms with van der Waals surface area (Å²) in [5.74, 6) is -2.96. The van der Waals surface area contributed by atoms with Gasteiger partial charge in [-0.2, -0.15) is 0 Å². The highest BCUT2D eigenvalue weighted by Crippen LogP contribution is 2.42. The molecule has 180 valence electrons. The standard InChI is InChI=1S/C28H20O8/c1-2-34-26(31)16-9-7-8-15(14-16)21(22-23(29)19-12-5-6-13-20(19)35-28(22)33)25-24(30)17-10-3-4-11-18(17)27(32)36-25/h3-14,21,29-30H,2H2,1H3. The number of rotatable bonds is 5. The second-order valence-corrected chi connectivity index (χ2v) is 8.07. The van der Waals surface area contributed by atoms with Crippen molar-refractivity contribution in [3.8, 4) is 11.5 Å². The Labute approximate surface area is 203 Å². The van der Waals surface area contributed by atoms with Crippen molar-refractivity contribution in [2.45, 2.75) is 12.8 Å². The second kappa shape index (κ2) is 9.07. The van der Waals surface area contributed by atoms with Gasteiger partial charge in [0.05, 0.1) is 34.4 Å². The van der Waals surface area contributed by atoms with E-state index in [4.69, 9.17) is 13.6 Å². The number of benzene rings is 3. The number of hydrogen-bond donors (Lipinski definition) is 2. The fraction of sp³-hybridized carbons (Fsp3) is 0.107. The number of para-hydroxylation sites is 1. The molecule has 2 N–H and O–H groups in total. The summed E-state index contributed by atoms with van der Waals surface area (Å²) < 4.78 is 16.1. The quantitative estimate of drug-likeness (QED) is 0.272. The Morgan fingerprint density at radius 3 is 2.28 bits per heavy atom. The highest BCUT2D eigenvalue weighted by atomic mass is 16.5. The number of hydrogen-bond acceptors (Lipinski definition) is 8. The number of ether oxygens (including phenoxy) is 1. The van der Waals surface area contributed by atoms with E-state index in [0.717, 1.165) is 0 Å². The molecule has 1 unspecified atom stereocenters. The number of carbonyl (C=O) groups is 1. The molecule has 0 spiro atoms. The zero-order chi connectivity index (χ0) is 25.4. The average molecular weight is 484 g/mol. The Kier molecular flexibility index (Phi) is 5.77. The molecule has 5 rings (SSSR count). The van der Waals surface area contributed by atoms with E-state index in [-0.39, 0.29) is 56.5 Å². The maximum atomic E-state index is 13.2. The summed E-state index contributed by atoms with van der Waals surface area (Å²) in [5, 5.41) is 23.0. The summed E-state index contributed by atoms with van der Waals surface area (Å²) in [6.07, 6.45) is 0. The molecule has 8 heteroatoms. The van der Waals surface area contributed by atoms with Crippen molar-refractivity contribution in [1.29, 1.82) is 0 Å². The van der Waals surface area contributed by atoms with E-state index in [1.165, 1.54) is 24.3 Å². The van der Waals surface area contributed by atoms with Crippen molar-refractivity contribution in [2.24, 2.45) is 0 Å². The maximum Gasteiger partial charge on any atom is 0.344 e. The van der Waals surface area contributed by atoms with E-state index in [9.17, 15) is 24.6 Å². The minimum Gasteiger partial charge on any atom is -0.507 e. The predicted octanol–water partition coefficient (Wildman–Crippen LogP) is 4.67. The van der Waals surface area contributed by atoms with E-state index in [0.29, 0.717) is 0 Å². The van der Waals surface area contributed by atoms with Crippen LogP contribution in [0.15, 0.2) is 91.2 Å². The first-order chi connectivity index (χ1) is 17.4. The largest absolute Gasteiger partial charge is 0.507 e. The van der Waals surface area contributed by atoms with Gasteiger partial charge in [0.1, 0.15) is 11.3 Å². The molecule has 2 aromatic heterocycles. The molecule has 0 amide bonds. The fourth-order valence-corrected chi connectivity index (χ4v) is 4.31. The first-order valence-electron chi connectivity index (χ1n) is 11.2. The lowest BCUT2D eigenvalue weighted by Gasteiger charge is -2.20. The summed E-state index contributed by atoms with van der Waals surface area (Å²) in [7, 11) is 0. The van der Waals surface area contributed by atoms with E-state index in [2.05, 4.69) is 0 Å². The lowest BCUT2D eigenvalue weighted by atomic mass is 9.86. The molecular weight excluding hydrogens is 464 g/mol. The van der Waals surface area contributed by atoms with Crippen LogP contribution >= 0.6 is 0 Å². The first-order valence-corrected chi connectivity index (χ1v) is 11.2. The van der Waals surface area contributed by atoms with E-state index in [1.54, 1.807) is 55.5 Å². The molecule has 3 aromatic carbocycles. The SMILES string of the molecule is CCOC(=O)c1cccc(C(c2oc(=O)c3ccccc3c2O)c2c(O)c3ccccc3oc2=O)c1. The molecule has 0 radical (unpaired) electrons. The van der Waals surface area contributed by atoms with Gasteiger partial charge in [-0.25, -0.2) is 14.4 Å². The zero-order valence-electron chi connectivity index (χ0n) is 19.1. The van der Waals surface area contributed by atoms with Crippen molar-refractivity contribution in [3.63, 3.8) is 0 Å². The van der Waals surface area contributed by atoms with E-state index >= 15 is 0 Å². The normalized spacial score (nSPS) is 12.0. The van der Waals surface area contributed by atoms with Gasteiger partial charge in [-0.3, -0.25) is 0 Å². The Morgan fingerprint density at radius 2 is 1.53 bits per heavy atom. The van der Waals surface area contributed by atoms with Crippen molar-refractivity contribution >= 4 is 27.7 Å². The first kappa shape index (κ1) is 22.9. The van der Waals surface area contributed by atoms with Gasteiger partial charge < -0.3 is 23.8 Å². The predicted molar refractivity (Wildman–Crippen MR) is 132 cm³/mol. The van der Waals surface area contributed by atoms with Crippen LogP contribution < -0.4 is 11.3 Å². The Bertz CT molecular complexity index is 1750. The van der Waals surface area contributed by atoms with Crippen molar-refractivity contribution in [1.82, 2.24) is 0 Å². The van der Waals surface area contributed by atoms with Gasteiger partial charge in [-0.1, -0.05) is 42.5 Å². The molecule has 2 heterocycles. The molecule has 0 saturated heterocycles. The van der Waals surface area contributed by atoms with Crippen LogP contribution in [-0.2, 0) is 4.74 Å². The number of aromatic hydroxyl groups is 2. The molecule has 8 nitrogen and oxygen atoms in total. The summed E-state index contributed by atoms with van der Waals surface area (Å²) in [6, 6.07) is 18.8. The summed E-state index contributed by atoms with van der Waals surface area (Å²) in [6.45, 7) is 1.83. The smallest absolute Gasteiger partial charge is 0.344 e. The topological polar surface area (TPSA) is 127 Å². The zero-order valence-corrected chi connectivity index (χ0v) is 19.1. The van der Waals surface area contributed by atoms with Crippen molar-refractivity contribution < 1.29 is 28.6 Å². The monoisotopic (exact) mass is 484 g/mol. The van der Waals surface area contributed by atoms with Gasteiger partial charge in [-0.05, 0) is 42.8 Å². The minimum atomic E-state index is -1.29. The number of fused-ring (bicyclic) bond motifs is 2. The van der Waals surface area contributed by atoms with Gasteiger partial charge in [0.15, 0.2) is 11.5 Å². The van der Waals surface area contributed by atoms with Crippen molar-refractivity contribution in [3.05, 3.63) is 116 Å². The van der Waals surface area contributed by atoms with Gasteiger partial charge in [0.25, 0.3) is 0 Å². The number of carbonyl (C=O) groups excluding carboxylic acids is 1. The highest BCUT2D eigenvalue weighted by Gasteiger charge is 2.32. The number of esters is 1. The van der Waals surface area contributed by atoms with Crippen LogP contribution in [-0.4, -0.2) is 22.8 Å². The van der Waals surface area contributed by atoms with Crippen LogP contribution in [0.2, 0.25) is 0 Å². The maximum absolute atomic E-state index is 13.2. The molecule has 36 heavy (non-hydrogen) atoms. The Morgan fingerprint density at radius 1 is 0.833 bits per heavy atom. The third-order valence-electron chi connectivity index (χ3n) is 5.94. The van der Waals surface area contributed by atoms with Gasteiger partial charge >= 0.3 is 17.2 Å². The van der Waals surface area contributed by atoms with Crippen LogP contribution in [0.5, 0.6) is 11.5 Å². The van der Waals surface area contributed by atoms with Gasteiger partial charge in [-0.15, -0.1) is 0 Å². The third-order valence-corrected chi connectivity index (χ3v) is 5.94. The summed E-state index contributed by atoms with van der Waals surface area (Å²) in [4.78, 5) is 38.5. The molecule has 0 bridgehead atoms. The highest BCUT2D eigenvalue weighted by molar-refractivity contribution is 5.90. The summed E-state index contributed by atoms with van der Waals surface area (Å²) in [5.41, 5.74) is -1.28. The van der Waals surface area contributed by atoms with Crippen LogP contribution in [0.4, 0.5) is 0 Å². The van der Waals surface area contributed by atoms with Crippen LogP contribution in [0.25, 0.3) is 21.7 Å². The average Bonchev–Trinajstić information content (AvgIpc) is 2.89. The molecule has 0 aliphatic rings. The lowest BCUT2D eigenvalue weighted by molar-refractivity contribution is 0.0526. The Balaban J connectivity index is 1.86. The van der Waals surface area contributed by atoms with Crippen LogP contribution in [0.3, 0.4) is 0 Å².